The van der Waals surface area contributed by atoms with Crippen LogP contribution in [0.1, 0.15) is 68.3 Å². The van der Waals surface area contributed by atoms with Gasteiger partial charge in [-0.25, -0.2) is 4.39 Å². The summed E-state index contributed by atoms with van der Waals surface area (Å²) in [7, 11) is 0. The molecule has 4 rings (SSSR count). The van der Waals surface area contributed by atoms with Gasteiger partial charge < -0.3 is 29.5 Å². The molecule has 0 saturated carbocycles. The lowest BCUT2D eigenvalue weighted by atomic mass is 10.1. The minimum atomic E-state index is -1.01. The molecule has 0 spiro atoms. The average Bonchev–Trinajstić information content (AvgIpc) is 3.63. The first kappa shape index (κ1) is 32.2. The molecule has 2 heterocycles. The van der Waals surface area contributed by atoms with Crippen LogP contribution in [-0.2, 0) is 4.79 Å². The van der Waals surface area contributed by atoms with Crippen LogP contribution < -0.4 is 15.4 Å². The molecule has 0 radical (unpaired) electrons. The van der Waals surface area contributed by atoms with Crippen LogP contribution in [0.25, 0.3) is 22.8 Å². The molecule has 224 valence electrons. The Morgan fingerprint density at radius 1 is 0.976 bits per heavy atom. The number of aliphatic carboxylic acids is 1. The smallest absolute Gasteiger partial charge is 0.317 e. The molecule has 42 heavy (non-hydrogen) atoms. The fraction of sp³-hybridized carbons (Fsp3) is 0.357. The molecule has 0 saturated heterocycles. The highest BCUT2D eigenvalue weighted by molar-refractivity contribution is 5.95. The Morgan fingerprint density at radius 3 is 2.19 bits per heavy atom. The molecule has 3 N–H and O–H groups in total. The normalized spacial score (nSPS) is 12.4. The summed E-state index contributed by atoms with van der Waals surface area (Å²) in [5, 5.41) is 22.0. The molecule has 4 aromatic rings. The number of hydrogen-bond acceptors (Lipinski definition) is 10. The molecule has 2 aromatic heterocycles. The second kappa shape index (κ2) is 14.5. The number of ether oxygens (including phenoxy) is 1. The van der Waals surface area contributed by atoms with Gasteiger partial charge in [-0.15, -0.1) is 12.4 Å². The summed E-state index contributed by atoms with van der Waals surface area (Å²) in [6.07, 6.45) is -0.0233. The highest BCUT2D eigenvalue weighted by Crippen LogP contribution is 2.28. The number of carboxylic acids is 1. The zero-order valence-electron chi connectivity index (χ0n) is 23.5. The SMILES string of the molecule is CCC(Oc1ccc(-c2noc(C(C)C)n2)cc1)c1nc(-c2ccc(C(=O)N[C@@H](C)CNCC(=O)O)c(F)c2)no1.Cl. The predicted molar refractivity (Wildman–Crippen MR) is 152 cm³/mol. The van der Waals surface area contributed by atoms with E-state index in [9.17, 15) is 14.0 Å². The van der Waals surface area contributed by atoms with Gasteiger partial charge in [0.2, 0.25) is 17.5 Å². The first-order valence-electron chi connectivity index (χ1n) is 13.1. The van der Waals surface area contributed by atoms with Crippen LogP contribution in [-0.4, -0.2) is 56.4 Å². The molecule has 12 nitrogen and oxygen atoms in total. The Kier molecular flexibility index (Phi) is 11.1. The van der Waals surface area contributed by atoms with Crippen LogP contribution in [0.3, 0.4) is 0 Å². The number of nitrogens with one attached hydrogen (secondary N) is 2. The van der Waals surface area contributed by atoms with Crippen LogP contribution in [0.2, 0.25) is 0 Å². The minimum Gasteiger partial charge on any atom is -0.481 e. The van der Waals surface area contributed by atoms with Crippen molar-refractivity contribution in [2.24, 2.45) is 0 Å². The number of halogens is 2. The molecule has 0 bridgehead atoms. The second-order valence-corrected chi connectivity index (χ2v) is 9.70. The van der Waals surface area contributed by atoms with Crippen LogP contribution in [0.15, 0.2) is 51.5 Å². The van der Waals surface area contributed by atoms with Gasteiger partial charge in [0, 0.05) is 29.6 Å². The third-order valence-electron chi connectivity index (χ3n) is 5.99. The van der Waals surface area contributed by atoms with Crippen molar-refractivity contribution >= 4 is 24.3 Å². The van der Waals surface area contributed by atoms with Crippen molar-refractivity contribution in [1.82, 2.24) is 30.9 Å². The minimum absolute atomic E-state index is 0. The summed E-state index contributed by atoms with van der Waals surface area (Å²) >= 11 is 0. The van der Waals surface area contributed by atoms with E-state index in [4.69, 9.17) is 18.9 Å². The summed E-state index contributed by atoms with van der Waals surface area (Å²) in [6, 6.07) is 10.8. The number of benzene rings is 2. The van der Waals surface area contributed by atoms with E-state index in [1.165, 1.54) is 12.1 Å². The molecule has 0 aliphatic heterocycles. The first-order valence-corrected chi connectivity index (χ1v) is 13.1. The highest BCUT2D eigenvalue weighted by Gasteiger charge is 2.22. The molecule has 0 fully saturated rings. The van der Waals surface area contributed by atoms with Crippen molar-refractivity contribution in [1.29, 1.82) is 0 Å². The number of carboxylic acid groups (broad SMARTS) is 1. The summed E-state index contributed by atoms with van der Waals surface area (Å²) < 4.78 is 31.6. The number of hydrogen-bond donors (Lipinski definition) is 3. The van der Waals surface area contributed by atoms with E-state index in [1.54, 1.807) is 19.1 Å². The lowest BCUT2D eigenvalue weighted by molar-refractivity contribution is -0.135. The Bertz CT molecular complexity index is 1490. The number of amides is 1. The molecule has 0 aliphatic rings. The maximum Gasteiger partial charge on any atom is 0.317 e. The number of carbonyl (C=O) groups excluding carboxylic acids is 1. The van der Waals surface area contributed by atoms with Gasteiger partial charge >= 0.3 is 5.97 Å². The van der Waals surface area contributed by atoms with E-state index < -0.39 is 29.8 Å². The molecule has 1 unspecified atom stereocenters. The maximum atomic E-state index is 14.8. The Hall–Kier alpha value is -4.36. The standard InChI is InChI=1S/C28H31FN6O6.ClH/c1-5-22(39-19-9-6-17(7-10-19)24-32-27(15(2)3)40-34-24)28-33-25(35-41-28)18-8-11-20(21(29)12-18)26(38)31-16(4)13-30-14-23(36)37;/h6-12,15-16,22,30H,5,13-14H2,1-4H3,(H,31,38)(H,36,37);1H/t16-,22?;/m0./s1. The summed E-state index contributed by atoms with van der Waals surface area (Å²) in [5.74, 6) is -0.277. The first-order chi connectivity index (χ1) is 19.6. The molecule has 14 heteroatoms. The molecule has 1 amide bonds. The maximum absolute atomic E-state index is 14.8. The lowest BCUT2D eigenvalue weighted by Crippen LogP contribution is -2.41. The number of aromatic nitrogens is 4. The van der Waals surface area contributed by atoms with E-state index in [1.807, 2.05) is 32.9 Å². The summed E-state index contributed by atoms with van der Waals surface area (Å²) in [5.41, 5.74) is 0.942. The van der Waals surface area contributed by atoms with E-state index in [0.717, 1.165) is 11.6 Å². The van der Waals surface area contributed by atoms with E-state index in [0.29, 0.717) is 29.4 Å². The van der Waals surface area contributed by atoms with Gasteiger partial charge in [0.1, 0.15) is 11.6 Å². The van der Waals surface area contributed by atoms with Gasteiger partial charge in [-0.05, 0) is 49.7 Å². The molecule has 2 aromatic carbocycles. The van der Waals surface area contributed by atoms with Gasteiger partial charge in [0.15, 0.2) is 6.10 Å². The van der Waals surface area contributed by atoms with Crippen molar-refractivity contribution in [2.75, 3.05) is 13.1 Å². The van der Waals surface area contributed by atoms with E-state index in [2.05, 4.69) is 30.9 Å². The Balaban J connectivity index is 0.00000484. The average molecular weight is 603 g/mol. The summed E-state index contributed by atoms with van der Waals surface area (Å²) in [6.45, 7) is 7.50. The fourth-order valence-electron chi connectivity index (χ4n) is 3.81. The fourth-order valence-corrected chi connectivity index (χ4v) is 3.81. The number of rotatable bonds is 13. The van der Waals surface area contributed by atoms with E-state index >= 15 is 0 Å². The van der Waals surface area contributed by atoms with Gasteiger partial charge in [-0.1, -0.05) is 37.2 Å². The predicted octanol–water partition coefficient (Wildman–Crippen LogP) is 4.79. The van der Waals surface area contributed by atoms with Gasteiger partial charge in [-0.3, -0.25) is 9.59 Å². The van der Waals surface area contributed by atoms with Crippen molar-refractivity contribution in [2.45, 2.75) is 52.2 Å². The van der Waals surface area contributed by atoms with Crippen molar-refractivity contribution < 1.29 is 32.9 Å². The molecule has 0 aliphatic carbocycles. The van der Waals surface area contributed by atoms with Crippen molar-refractivity contribution in [3.63, 3.8) is 0 Å². The van der Waals surface area contributed by atoms with Gasteiger partial charge in [0.05, 0.1) is 12.1 Å². The van der Waals surface area contributed by atoms with Crippen LogP contribution in [0.4, 0.5) is 4.39 Å². The molecular weight excluding hydrogens is 571 g/mol. The van der Waals surface area contributed by atoms with Gasteiger partial charge in [0.25, 0.3) is 11.8 Å². The number of nitrogens with zero attached hydrogens (tertiary/aromatic N) is 4. The Morgan fingerprint density at radius 2 is 1.60 bits per heavy atom. The second-order valence-electron chi connectivity index (χ2n) is 9.70. The largest absolute Gasteiger partial charge is 0.481 e. The Labute approximate surface area is 247 Å². The van der Waals surface area contributed by atoms with Crippen LogP contribution in [0.5, 0.6) is 5.75 Å². The monoisotopic (exact) mass is 602 g/mol. The molecular formula is C28H32ClFN6O6. The van der Waals surface area contributed by atoms with Crippen molar-refractivity contribution in [3.8, 4) is 28.5 Å². The molecule has 2 atom stereocenters. The summed E-state index contributed by atoms with van der Waals surface area (Å²) in [4.78, 5) is 31.9. The topological polar surface area (TPSA) is 166 Å². The lowest BCUT2D eigenvalue weighted by Gasteiger charge is -2.14. The quantitative estimate of drug-likeness (QED) is 0.192. The van der Waals surface area contributed by atoms with E-state index in [-0.39, 0.29) is 48.7 Å². The zero-order valence-corrected chi connectivity index (χ0v) is 24.3. The third-order valence-corrected chi connectivity index (χ3v) is 5.99. The van der Waals surface area contributed by atoms with Crippen molar-refractivity contribution in [3.05, 3.63) is 65.6 Å². The van der Waals surface area contributed by atoms with Crippen LogP contribution >= 0.6 is 12.4 Å². The number of carbonyl (C=O) groups is 2. The van der Waals surface area contributed by atoms with Crippen LogP contribution in [0, 0.1) is 5.82 Å². The zero-order chi connectivity index (χ0) is 29.5. The third kappa shape index (κ3) is 8.10. The highest BCUT2D eigenvalue weighted by atomic mass is 35.5. The van der Waals surface area contributed by atoms with Gasteiger partial charge in [-0.2, -0.15) is 9.97 Å².